The van der Waals surface area contributed by atoms with Crippen LogP contribution in [0, 0.1) is 5.41 Å². The Labute approximate surface area is 119 Å². The van der Waals surface area contributed by atoms with Crippen molar-refractivity contribution >= 4 is 5.91 Å². The zero-order valence-corrected chi connectivity index (χ0v) is 11.2. The van der Waals surface area contributed by atoms with Crippen molar-refractivity contribution in [2.24, 2.45) is 5.41 Å². The molecule has 0 radical (unpaired) electrons. The van der Waals surface area contributed by atoms with E-state index < -0.39 is 11.7 Å². The summed E-state index contributed by atoms with van der Waals surface area (Å²) >= 11 is 0. The van der Waals surface area contributed by atoms with Gasteiger partial charge < -0.3 is 15.2 Å². The first-order chi connectivity index (χ1) is 9.85. The largest absolute Gasteiger partial charge is 0.484 e. The Kier molecular flexibility index (Phi) is 4.41. The van der Waals surface area contributed by atoms with Crippen LogP contribution in [-0.2, 0) is 11.0 Å². The topological polar surface area (TPSA) is 58.6 Å². The number of ether oxygens (including phenoxy) is 1. The summed E-state index contributed by atoms with van der Waals surface area (Å²) in [4.78, 5) is 11.5. The number of carbonyl (C=O) groups excluding carboxylic acids is 1. The lowest BCUT2D eigenvalue weighted by Gasteiger charge is -2.13. The third-order valence-corrected chi connectivity index (χ3v) is 3.50. The van der Waals surface area contributed by atoms with Crippen LogP contribution in [0.1, 0.15) is 18.4 Å². The molecule has 0 bridgehead atoms. The summed E-state index contributed by atoms with van der Waals surface area (Å²) in [5.41, 5.74) is -0.956. The average molecular weight is 303 g/mol. The van der Waals surface area contributed by atoms with Gasteiger partial charge in [0.25, 0.3) is 5.91 Å². The van der Waals surface area contributed by atoms with Crippen LogP contribution < -0.4 is 10.1 Å². The van der Waals surface area contributed by atoms with Crippen molar-refractivity contribution in [1.29, 1.82) is 0 Å². The molecule has 1 aromatic rings. The first-order valence-corrected chi connectivity index (χ1v) is 6.52. The lowest BCUT2D eigenvalue weighted by molar-refractivity contribution is -0.137. The van der Waals surface area contributed by atoms with Crippen LogP contribution in [-0.4, -0.2) is 30.8 Å². The third kappa shape index (κ3) is 4.35. The van der Waals surface area contributed by atoms with Gasteiger partial charge in [0.15, 0.2) is 6.61 Å². The van der Waals surface area contributed by atoms with E-state index in [1.54, 1.807) is 0 Å². The number of benzene rings is 1. The standard InChI is InChI=1S/C14H16F3NO3/c15-14(16,17)10-1-3-11(4-2-10)21-7-12(20)18-8-13(9-19)5-6-13/h1-4,19H,5-9H2,(H,18,20). The van der Waals surface area contributed by atoms with E-state index in [0.29, 0.717) is 6.54 Å². The second-order valence-electron chi connectivity index (χ2n) is 5.25. The maximum absolute atomic E-state index is 12.4. The smallest absolute Gasteiger partial charge is 0.416 e. The number of alkyl halides is 3. The van der Waals surface area contributed by atoms with Gasteiger partial charge in [-0.15, -0.1) is 0 Å². The van der Waals surface area contributed by atoms with Crippen LogP contribution in [0.4, 0.5) is 13.2 Å². The minimum absolute atomic E-state index is 0.0348. The van der Waals surface area contributed by atoms with Gasteiger partial charge in [-0.3, -0.25) is 4.79 Å². The van der Waals surface area contributed by atoms with Gasteiger partial charge in [0, 0.05) is 12.0 Å². The lowest BCUT2D eigenvalue weighted by atomic mass is 10.1. The van der Waals surface area contributed by atoms with Crippen molar-refractivity contribution < 1.29 is 27.8 Å². The molecule has 1 amide bonds. The fraction of sp³-hybridized carbons (Fsp3) is 0.500. The molecule has 0 unspecified atom stereocenters. The Hall–Kier alpha value is -1.76. The van der Waals surface area contributed by atoms with Crippen molar-refractivity contribution in [1.82, 2.24) is 5.32 Å². The highest BCUT2D eigenvalue weighted by molar-refractivity contribution is 5.77. The summed E-state index contributed by atoms with van der Waals surface area (Å²) in [7, 11) is 0. The Balaban J connectivity index is 1.76. The molecule has 2 N–H and O–H groups in total. The summed E-state index contributed by atoms with van der Waals surface area (Å²) < 4.78 is 42.2. The third-order valence-electron chi connectivity index (χ3n) is 3.50. The zero-order chi connectivity index (χ0) is 15.5. The molecular formula is C14H16F3NO3. The normalized spacial score (nSPS) is 16.4. The van der Waals surface area contributed by atoms with Crippen molar-refractivity contribution in [3.63, 3.8) is 0 Å². The number of amides is 1. The molecule has 2 rings (SSSR count). The van der Waals surface area contributed by atoms with Gasteiger partial charge in [0.1, 0.15) is 5.75 Å². The Morgan fingerprint density at radius 3 is 2.38 bits per heavy atom. The number of halogens is 3. The van der Waals surface area contributed by atoms with Crippen molar-refractivity contribution in [3.05, 3.63) is 29.8 Å². The van der Waals surface area contributed by atoms with Crippen molar-refractivity contribution in [3.8, 4) is 5.75 Å². The van der Waals surface area contributed by atoms with E-state index in [1.807, 2.05) is 0 Å². The molecule has 1 fully saturated rings. The molecule has 0 aromatic heterocycles. The van der Waals surface area contributed by atoms with Gasteiger partial charge in [-0.05, 0) is 37.1 Å². The monoisotopic (exact) mass is 303 g/mol. The molecule has 1 saturated carbocycles. The summed E-state index contributed by atoms with van der Waals surface area (Å²) in [6.07, 6.45) is -2.63. The van der Waals surface area contributed by atoms with Gasteiger partial charge in [-0.2, -0.15) is 13.2 Å². The molecule has 0 aliphatic heterocycles. The van der Waals surface area contributed by atoms with Crippen LogP contribution in [0.3, 0.4) is 0 Å². The molecule has 116 valence electrons. The van der Waals surface area contributed by atoms with E-state index in [2.05, 4.69) is 5.32 Å². The maximum atomic E-state index is 12.4. The lowest BCUT2D eigenvalue weighted by Crippen LogP contribution is -2.35. The SMILES string of the molecule is O=C(COc1ccc(C(F)(F)F)cc1)NCC1(CO)CC1. The molecule has 1 aliphatic rings. The van der Waals surface area contributed by atoms with Crippen LogP contribution in [0.25, 0.3) is 0 Å². The van der Waals surface area contributed by atoms with E-state index in [1.165, 1.54) is 12.1 Å². The van der Waals surface area contributed by atoms with Gasteiger partial charge >= 0.3 is 6.18 Å². The summed E-state index contributed by atoms with van der Waals surface area (Å²) in [6.45, 7) is 0.151. The fourth-order valence-electron chi connectivity index (χ4n) is 1.79. The first-order valence-electron chi connectivity index (χ1n) is 6.52. The molecule has 0 heterocycles. The van der Waals surface area contributed by atoms with Gasteiger partial charge in [-0.25, -0.2) is 0 Å². The maximum Gasteiger partial charge on any atom is 0.416 e. The fourth-order valence-corrected chi connectivity index (χ4v) is 1.79. The number of rotatable bonds is 6. The molecule has 1 aliphatic carbocycles. The van der Waals surface area contributed by atoms with E-state index >= 15 is 0 Å². The van der Waals surface area contributed by atoms with E-state index in [4.69, 9.17) is 9.84 Å². The summed E-state index contributed by atoms with van der Waals surface area (Å²) in [6, 6.07) is 4.15. The number of aliphatic hydroxyl groups is 1. The molecule has 21 heavy (non-hydrogen) atoms. The second-order valence-corrected chi connectivity index (χ2v) is 5.25. The molecule has 1 aromatic carbocycles. The van der Waals surface area contributed by atoms with Crippen LogP contribution in [0.5, 0.6) is 5.75 Å². The molecule has 7 heteroatoms. The summed E-state index contributed by atoms with van der Waals surface area (Å²) in [5, 5.41) is 11.7. The average Bonchev–Trinajstić information content (AvgIpc) is 3.23. The van der Waals surface area contributed by atoms with Crippen molar-refractivity contribution in [2.75, 3.05) is 19.8 Å². The van der Waals surface area contributed by atoms with Gasteiger partial charge in [-0.1, -0.05) is 0 Å². The molecule has 4 nitrogen and oxygen atoms in total. The highest BCUT2D eigenvalue weighted by atomic mass is 19.4. The van der Waals surface area contributed by atoms with E-state index in [0.717, 1.165) is 25.0 Å². The minimum atomic E-state index is -4.39. The molecule has 0 saturated heterocycles. The van der Waals surface area contributed by atoms with E-state index in [9.17, 15) is 18.0 Å². The van der Waals surface area contributed by atoms with Crippen LogP contribution >= 0.6 is 0 Å². The summed E-state index contributed by atoms with van der Waals surface area (Å²) in [5.74, 6) is -0.170. The van der Waals surface area contributed by atoms with E-state index in [-0.39, 0.29) is 30.3 Å². The minimum Gasteiger partial charge on any atom is -0.484 e. The number of hydrogen-bond acceptors (Lipinski definition) is 3. The molecular weight excluding hydrogens is 287 g/mol. The molecule has 0 spiro atoms. The number of hydrogen-bond donors (Lipinski definition) is 2. The highest BCUT2D eigenvalue weighted by Crippen LogP contribution is 2.44. The van der Waals surface area contributed by atoms with Gasteiger partial charge in [0.05, 0.1) is 12.2 Å². The Bertz CT molecular complexity index is 495. The number of nitrogens with one attached hydrogen (secondary N) is 1. The van der Waals surface area contributed by atoms with Crippen molar-refractivity contribution in [2.45, 2.75) is 19.0 Å². The van der Waals surface area contributed by atoms with Crippen LogP contribution in [0.2, 0.25) is 0 Å². The predicted molar refractivity (Wildman–Crippen MR) is 68.7 cm³/mol. The second kappa shape index (κ2) is 5.93. The van der Waals surface area contributed by atoms with Gasteiger partial charge in [0.2, 0.25) is 0 Å². The molecule has 0 atom stereocenters. The van der Waals surface area contributed by atoms with Crippen LogP contribution in [0.15, 0.2) is 24.3 Å². The first kappa shape index (κ1) is 15.6. The number of carbonyl (C=O) groups is 1. The quantitative estimate of drug-likeness (QED) is 0.845. The highest BCUT2D eigenvalue weighted by Gasteiger charge is 2.42. The zero-order valence-electron chi connectivity index (χ0n) is 11.2. The number of aliphatic hydroxyl groups excluding tert-OH is 1. The predicted octanol–water partition coefficient (Wildman–Crippen LogP) is 1.97. The Morgan fingerprint density at radius 1 is 1.29 bits per heavy atom. The Morgan fingerprint density at radius 2 is 1.90 bits per heavy atom.